The molecule has 6 heteroatoms. The number of anilines is 1. The molecule has 0 spiro atoms. The van der Waals surface area contributed by atoms with Crippen LogP contribution in [-0.2, 0) is 4.79 Å². The number of halogens is 1. The molecule has 0 aliphatic heterocycles. The summed E-state index contributed by atoms with van der Waals surface area (Å²) in [5.41, 5.74) is -1.18. The third-order valence-electron chi connectivity index (χ3n) is 3.09. The van der Waals surface area contributed by atoms with Crippen LogP contribution in [0.1, 0.15) is 19.3 Å². The number of hydrogen-bond donors (Lipinski definition) is 3. The van der Waals surface area contributed by atoms with Crippen molar-refractivity contribution in [1.82, 2.24) is 5.32 Å². The van der Waals surface area contributed by atoms with E-state index in [0.717, 1.165) is 6.42 Å². The van der Waals surface area contributed by atoms with E-state index in [2.05, 4.69) is 10.6 Å². The summed E-state index contributed by atoms with van der Waals surface area (Å²) in [4.78, 5) is 22.7. The first-order valence-corrected chi connectivity index (χ1v) is 5.61. The topological polar surface area (TPSA) is 78.4 Å². The van der Waals surface area contributed by atoms with Gasteiger partial charge in [0.25, 0.3) is 0 Å². The number of hydrogen-bond acceptors (Lipinski definition) is 2. The van der Waals surface area contributed by atoms with E-state index in [0.29, 0.717) is 12.8 Å². The number of nitrogens with one attached hydrogen (secondary N) is 2. The van der Waals surface area contributed by atoms with Gasteiger partial charge in [0.1, 0.15) is 11.4 Å². The number of rotatable bonds is 3. The fourth-order valence-electron chi connectivity index (χ4n) is 1.86. The van der Waals surface area contributed by atoms with Gasteiger partial charge in [-0.25, -0.2) is 14.0 Å². The van der Waals surface area contributed by atoms with Gasteiger partial charge in [-0.1, -0.05) is 12.1 Å². The lowest BCUT2D eigenvalue weighted by Gasteiger charge is -2.38. The van der Waals surface area contributed by atoms with Gasteiger partial charge in [0, 0.05) is 0 Å². The lowest BCUT2D eigenvalue weighted by molar-refractivity contribution is -0.148. The van der Waals surface area contributed by atoms with Crippen molar-refractivity contribution in [2.45, 2.75) is 24.8 Å². The number of aliphatic carboxylic acids is 1. The average molecular weight is 252 g/mol. The van der Waals surface area contributed by atoms with Crippen LogP contribution < -0.4 is 10.6 Å². The van der Waals surface area contributed by atoms with Crippen molar-refractivity contribution >= 4 is 17.7 Å². The molecule has 1 saturated carbocycles. The van der Waals surface area contributed by atoms with E-state index in [4.69, 9.17) is 5.11 Å². The van der Waals surface area contributed by atoms with E-state index >= 15 is 0 Å². The first-order chi connectivity index (χ1) is 8.53. The zero-order valence-corrected chi connectivity index (χ0v) is 9.57. The van der Waals surface area contributed by atoms with Crippen LogP contribution in [0.4, 0.5) is 14.9 Å². The molecule has 0 saturated heterocycles. The zero-order valence-electron chi connectivity index (χ0n) is 9.57. The van der Waals surface area contributed by atoms with Gasteiger partial charge in [0.2, 0.25) is 0 Å². The van der Waals surface area contributed by atoms with Gasteiger partial charge in [-0.15, -0.1) is 0 Å². The highest BCUT2D eigenvalue weighted by atomic mass is 19.1. The number of carboxylic acid groups (broad SMARTS) is 1. The van der Waals surface area contributed by atoms with Crippen molar-refractivity contribution in [2.24, 2.45) is 0 Å². The van der Waals surface area contributed by atoms with Crippen LogP contribution in [0.15, 0.2) is 24.3 Å². The van der Waals surface area contributed by atoms with Crippen molar-refractivity contribution < 1.29 is 19.1 Å². The molecule has 1 aliphatic carbocycles. The smallest absolute Gasteiger partial charge is 0.329 e. The lowest BCUT2D eigenvalue weighted by atomic mass is 9.77. The molecule has 0 unspecified atom stereocenters. The second-order valence-corrected chi connectivity index (χ2v) is 4.30. The molecular formula is C12H13FN2O3. The summed E-state index contributed by atoms with van der Waals surface area (Å²) >= 11 is 0. The fraction of sp³-hybridized carbons (Fsp3) is 0.333. The van der Waals surface area contributed by atoms with E-state index in [1.54, 1.807) is 6.07 Å². The van der Waals surface area contributed by atoms with Gasteiger partial charge in [-0.05, 0) is 31.4 Å². The minimum atomic E-state index is -1.20. The number of carbonyl (C=O) groups is 2. The minimum Gasteiger partial charge on any atom is -0.480 e. The largest absolute Gasteiger partial charge is 0.480 e. The maximum absolute atomic E-state index is 13.3. The van der Waals surface area contributed by atoms with Gasteiger partial charge >= 0.3 is 12.0 Å². The number of para-hydroxylation sites is 1. The summed E-state index contributed by atoms with van der Waals surface area (Å²) in [6.45, 7) is 0. The summed E-state index contributed by atoms with van der Waals surface area (Å²) < 4.78 is 13.3. The normalized spacial score (nSPS) is 16.5. The lowest BCUT2D eigenvalue weighted by Crippen LogP contribution is -2.60. The van der Waals surface area contributed by atoms with Gasteiger partial charge < -0.3 is 15.7 Å². The van der Waals surface area contributed by atoms with Crippen molar-refractivity contribution in [2.75, 3.05) is 5.32 Å². The van der Waals surface area contributed by atoms with Crippen molar-refractivity contribution in [3.8, 4) is 0 Å². The van der Waals surface area contributed by atoms with Crippen molar-refractivity contribution in [3.05, 3.63) is 30.1 Å². The van der Waals surface area contributed by atoms with Gasteiger partial charge in [0.15, 0.2) is 0 Å². The standard InChI is InChI=1S/C12H13FN2O3/c13-8-4-1-2-5-9(8)14-11(18)15-12(10(16)17)6-3-7-12/h1-2,4-5H,3,6-7H2,(H,16,17)(H2,14,15,18). The molecule has 0 bridgehead atoms. The number of carboxylic acids is 1. The molecule has 0 radical (unpaired) electrons. The second kappa shape index (κ2) is 4.64. The molecule has 0 heterocycles. The highest BCUT2D eigenvalue weighted by molar-refractivity contribution is 5.94. The predicted molar refractivity (Wildman–Crippen MR) is 62.8 cm³/mol. The second-order valence-electron chi connectivity index (χ2n) is 4.30. The van der Waals surface area contributed by atoms with Gasteiger partial charge in [-0.3, -0.25) is 0 Å². The van der Waals surface area contributed by atoms with Crippen LogP contribution in [-0.4, -0.2) is 22.6 Å². The van der Waals surface area contributed by atoms with Gasteiger partial charge in [-0.2, -0.15) is 0 Å². The number of carbonyl (C=O) groups excluding carboxylic acids is 1. The maximum atomic E-state index is 13.3. The molecule has 1 aromatic rings. The summed E-state index contributed by atoms with van der Waals surface area (Å²) in [6.07, 6.45) is 1.55. The fourth-order valence-corrected chi connectivity index (χ4v) is 1.86. The van der Waals surface area contributed by atoms with E-state index in [1.165, 1.54) is 18.2 Å². The number of amides is 2. The number of benzene rings is 1. The Hall–Kier alpha value is -2.11. The molecule has 2 amide bonds. The van der Waals surface area contributed by atoms with E-state index in [1.807, 2.05) is 0 Å². The van der Waals surface area contributed by atoms with Crippen LogP contribution in [0.5, 0.6) is 0 Å². The third kappa shape index (κ3) is 2.27. The Labute approximate surface area is 103 Å². The Balaban J connectivity index is 2.01. The van der Waals surface area contributed by atoms with E-state index < -0.39 is 23.4 Å². The average Bonchev–Trinajstić information content (AvgIpc) is 2.26. The molecule has 0 aromatic heterocycles. The highest BCUT2D eigenvalue weighted by Crippen LogP contribution is 2.32. The molecule has 2 rings (SSSR count). The first-order valence-electron chi connectivity index (χ1n) is 5.61. The molecule has 18 heavy (non-hydrogen) atoms. The number of urea groups is 1. The quantitative estimate of drug-likeness (QED) is 0.769. The SMILES string of the molecule is O=C(Nc1ccccc1F)NC1(C(=O)O)CCC1. The monoisotopic (exact) mass is 252 g/mol. The third-order valence-corrected chi connectivity index (χ3v) is 3.09. The van der Waals surface area contributed by atoms with Crippen molar-refractivity contribution in [3.63, 3.8) is 0 Å². The van der Waals surface area contributed by atoms with E-state index in [9.17, 15) is 14.0 Å². The minimum absolute atomic E-state index is 0.0230. The molecular weight excluding hydrogens is 239 g/mol. The highest BCUT2D eigenvalue weighted by Gasteiger charge is 2.45. The Morgan fingerprint density at radius 1 is 1.28 bits per heavy atom. The van der Waals surface area contributed by atoms with Crippen molar-refractivity contribution in [1.29, 1.82) is 0 Å². The zero-order chi connectivity index (χ0) is 13.2. The van der Waals surface area contributed by atoms with Crippen LogP contribution >= 0.6 is 0 Å². The molecule has 1 aliphatic rings. The van der Waals surface area contributed by atoms with Crippen LogP contribution in [0.2, 0.25) is 0 Å². The van der Waals surface area contributed by atoms with Crippen LogP contribution in [0, 0.1) is 5.82 Å². The Bertz CT molecular complexity index is 486. The predicted octanol–water partition coefficient (Wildman–Crippen LogP) is 1.95. The summed E-state index contributed by atoms with van der Waals surface area (Å²) in [5.74, 6) is -1.62. The molecule has 0 atom stereocenters. The molecule has 96 valence electrons. The Morgan fingerprint density at radius 2 is 1.94 bits per heavy atom. The molecule has 5 nitrogen and oxygen atoms in total. The van der Waals surface area contributed by atoms with Crippen LogP contribution in [0.25, 0.3) is 0 Å². The van der Waals surface area contributed by atoms with Gasteiger partial charge in [0.05, 0.1) is 5.69 Å². The maximum Gasteiger partial charge on any atom is 0.329 e. The molecule has 1 fully saturated rings. The van der Waals surface area contributed by atoms with E-state index in [-0.39, 0.29) is 5.69 Å². The Kier molecular flexibility index (Phi) is 3.18. The summed E-state index contributed by atoms with van der Waals surface area (Å²) in [7, 11) is 0. The van der Waals surface area contributed by atoms with Crippen LogP contribution in [0.3, 0.4) is 0 Å². The Morgan fingerprint density at radius 3 is 2.44 bits per heavy atom. The molecule has 3 N–H and O–H groups in total. The summed E-state index contributed by atoms with van der Waals surface area (Å²) in [6, 6.07) is 5.00. The summed E-state index contributed by atoms with van der Waals surface area (Å²) in [5, 5.41) is 13.7. The molecule has 1 aromatic carbocycles. The first kappa shape index (κ1) is 12.3.